The van der Waals surface area contributed by atoms with E-state index in [2.05, 4.69) is 39.3 Å². The summed E-state index contributed by atoms with van der Waals surface area (Å²) < 4.78 is 0. The summed E-state index contributed by atoms with van der Waals surface area (Å²) in [6.07, 6.45) is 0. The van der Waals surface area contributed by atoms with Crippen molar-refractivity contribution in [3.63, 3.8) is 0 Å². The molecular weight excluding hydrogens is 314 g/mol. The van der Waals surface area contributed by atoms with Crippen molar-refractivity contribution >= 4 is 17.4 Å². The van der Waals surface area contributed by atoms with Crippen molar-refractivity contribution < 1.29 is 4.79 Å². The van der Waals surface area contributed by atoms with Crippen molar-refractivity contribution in [2.45, 2.75) is 26.7 Å². The van der Waals surface area contributed by atoms with E-state index in [1.54, 1.807) is 13.0 Å². The largest absolute Gasteiger partial charge is 0.369 e. The predicted molar refractivity (Wildman–Crippen MR) is 102 cm³/mol. The standard InChI is InChI=1S/C19H27N5O/c1-13(2)15-8-6-7-9-16(15)23-19(25)17-12-18(22-14(3)21-17)20-10-11-24(4)5/h6-9,12-13H,10-11H2,1-5H3,(H,23,25)(H,20,21,22). The topological polar surface area (TPSA) is 70.2 Å². The van der Waals surface area contributed by atoms with Crippen LogP contribution in [0, 0.1) is 6.92 Å². The summed E-state index contributed by atoms with van der Waals surface area (Å²) in [6, 6.07) is 9.53. The van der Waals surface area contributed by atoms with Crippen molar-refractivity contribution in [3.05, 3.63) is 47.4 Å². The molecule has 1 aromatic carbocycles. The van der Waals surface area contributed by atoms with Gasteiger partial charge in [0.2, 0.25) is 0 Å². The zero-order valence-electron chi connectivity index (χ0n) is 15.6. The first-order valence-electron chi connectivity index (χ1n) is 8.51. The highest BCUT2D eigenvalue weighted by molar-refractivity contribution is 6.03. The molecule has 0 radical (unpaired) electrons. The summed E-state index contributed by atoms with van der Waals surface area (Å²) >= 11 is 0. The molecule has 0 unspecified atom stereocenters. The van der Waals surface area contributed by atoms with Crippen LogP contribution in [-0.2, 0) is 0 Å². The van der Waals surface area contributed by atoms with Gasteiger partial charge in [0.15, 0.2) is 0 Å². The third-order valence-corrected chi connectivity index (χ3v) is 3.77. The molecule has 0 saturated carbocycles. The number of aryl methyl sites for hydroxylation is 1. The Kier molecular flexibility index (Phi) is 6.47. The smallest absolute Gasteiger partial charge is 0.274 e. The van der Waals surface area contributed by atoms with Gasteiger partial charge in [-0.25, -0.2) is 9.97 Å². The minimum absolute atomic E-state index is 0.228. The molecule has 1 aromatic heterocycles. The van der Waals surface area contributed by atoms with Crippen molar-refractivity contribution in [1.29, 1.82) is 0 Å². The lowest BCUT2D eigenvalue weighted by Crippen LogP contribution is -2.22. The number of likely N-dealkylation sites (N-methyl/N-ethyl adjacent to an activating group) is 1. The van der Waals surface area contributed by atoms with Crippen LogP contribution in [0.4, 0.5) is 11.5 Å². The SMILES string of the molecule is Cc1nc(NCCN(C)C)cc(C(=O)Nc2ccccc2C(C)C)n1. The Morgan fingerprint density at radius 3 is 2.60 bits per heavy atom. The molecule has 134 valence electrons. The van der Waals surface area contributed by atoms with Crippen LogP contribution < -0.4 is 10.6 Å². The highest BCUT2D eigenvalue weighted by Gasteiger charge is 2.13. The quantitative estimate of drug-likeness (QED) is 0.810. The number of rotatable bonds is 7. The maximum Gasteiger partial charge on any atom is 0.274 e. The molecule has 25 heavy (non-hydrogen) atoms. The summed E-state index contributed by atoms with van der Waals surface area (Å²) in [5.41, 5.74) is 2.28. The molecule has 2 aromatic rings. The number of hydrogen-bond donors (Lipinski definition) is 2. The fourth-order valence-corrected chi connectivity index (χ4v) is 2.48. The van der Waals surface area contributed by atoms with Gasteiger partial charge in [0.25, 0.3) is 5.91 Å². The number of para-hydroxylation sites is 1. The summed E-state index contributed by atoms with van der Waals surface area (Å²) in [4.78, 5) is 23.3. The lowest BCUT2D eigenvalue weighted by Gasteiger charge is -2.14. The number of carbonyl (C=O) groups excluding carboxylic acids is 1. The molecule has 0 atom stereocenters. The molecule has 0 fully saturated rings. The van der Waals surface area contributed by atoms with E-state index in [0.29, 0.717) is 23.3 Å². The predicted octanol–water partition coefficient (Wildman–Crippen LogP) is 3.13. The van der Waals surface area contributed by atoms with Gasteiger partial charge in [-0.15, -0.1) is 0 Å². The first-order valence-corrected chi connectivity index (χ1v) is 8.51. The highest BCUT2D eigenvalue weighted by Crippen LogP contribution is 2.24. The van der Waals surface area contributed by atoms with Crippen molar-refractivity contribution in [1.82, 2.24) is 14.9 Å². The van der Waals surface area contributed by atoms with Gasteiger partial charge < -0.3 is 15.5 Å². The van der Waals surface area contributed by atoms with E-state index in [1.165, 1.54) is 0 Å². The lowest BCUT2D eigenvalue weighted by atomic mass is 10.0. The van der Waals surface area contributed by atoms with E-state index in [1.807, 2.05) is 38.4 Å². The first-order chi connectivity index (χ1) is 11.9. The van der Waals surface area contributed by atoms with Gasteiger partial charge >= 0.3 is 0 Å². The fraction of sp³-hybridized carbons (Fsp3) is 0.421. The number of carbonyl (C=O) groups is 1. The van der Waals surface area contributed by atoms with Crippen LogP contribution in [0.3, 0.4) is 0 Å². The summed E-state index contributed by atoms with van der Waals surface area (Å²) in [6.45, 7) is 7.63. The Bertz CT molecular complexity index is 728. The maximum absolute atomic E-state index is 12.6. The van der Waals surface area contributed by atoms with Crippen LogP contribution in [-0.4, -0.2) is 48.0 Å². The molecular formula is C19H27N5O. The normalized spacial score (nSPS) is 11.0. The van der Waals surface area contributed by atoms with E-state index in [-0.39, 0.29) is 5.91 Å². The van der Waals surface area contributed by atoms with Gasteiger partial charge in [-0.05, 0) is 38.6 Å². The van der Waals surface area contributed by atoms with Crippen LogP contribution in [0.5, 0.6) is 0 Å². The second-order valence-corrected chi connectivity index (χ2v) is 6.61. The van der Waals surface area contributed by atoms with Crippen LogP contribution in [0.15, 0.2) is 30.3 Å². The molecule has 1 amide bonds. The van der Waals surface area contributed by atoms with Gasteiger partial charge in [0.05, 0.1) is 0 Å². The van der Waals surface area contributed by atoms with Gasteiger partial charge in [0, 0.05) is 24.8 Å². The Morgan fingerprint density at radius 1 is 1.20 bits per heavy atom. The van der Waals surface area contributed by atoms with Gasteiger partial charge in [-0.1, -0.05) is 32.0 Å². The molecule has 0 aliphatic carbocycles. The molecule has 0 aliphatic heterocycles. The monoisotopic (exact) mass is 341 g/mol. The van der Waals surface area contributed by atoms with E-state index in [0.717, 1.165) is 24.3 Å². The third kappa shape index (κ3) is 5.53. The molecule has 6 heteroatoms. The van der Waals surface area contributed by atoms with E-state index < -0.39 is 0 Å². The number of anilines is 2. The molecule has 1 heterocycles. The van der Waals surface area contributed by atoms with Gasteiger partial charge in [-0.3, -0.25) is 4.79 Å². The number of benzene rings is 1. The average molecular weight is 341 g/mol. The molecule has 6 nitrogen and oxygen atoms in total. The van der Waals surface area contributed by atoms with Crippen molar-refractivity contribution in [2.24, 2.45) is 0 Å². The van der Waals surface area contributed by atoms with E-state index >= 15 is 0 Å². The molecule has 0 bridgehead atoms. The van der Waals surface area contributed by atoms with Crippen LogP contribution in [0.1, 0.15) is 41.6 Å². The van der Waals surface area contributed by atoms with E-state index in [4.69, 9.17) is 0 Å². The number of hydrogen-bond acceptors (Lipinski definition) is 5. The Labute approximate surface area is 149 Å². The van der Waals surface area contributed by atoms with Gasteiger partial charge in [0.1, 0.15) is 17.3 Å². The first kappa shape index (κ1) is 18.9. The van der Waals surface area contributed by atoms with Crippen LogP contribution >= 0.6 is 0 Å². The third-order valence-electron chi connectivity index (χ3n) is 3.77. The fourth-order valence-electron chi connectivity index (χ4n) is 2.48. The molecule has 0 aliphatic rings. The average Bonchev–Trinajstić information content (AvgIpc) is 2.54. The number of aromatic nitrogens is 2. The number of amides is 1. The Morgan fingerprint density at radius 2 is 1.92 bits per heavy atom. The molecule has 2 N–H and O–H groups in total. The second kappa shape index (κ2) is 8.58. The number of nitrogens with zero attached hydrogens (tertiary/aromatic N) is 3. The lowest BCUT2D eigenvalue weighted by molar-refractivity contribution is 0.102. The maximum atomic E-state index is 12.6. The van der Waals surface area contributed by atoms with Crippen molar-refractivity contribution in [3.8, 4) is 0 Å². The minimum atomic E-state index is -0.228. The number of nitrogens with one attached hydrogen (secondary N) is 2. The zero-order chi connectivity index (χ0) is 18.4. The second-order valence-electron chi connectivity index (χ2n) is 6.61. The molecule has 2 rings (SSSR count). The van der Waals surface area contributed by atoms with Gasteiger partial charge in [-0.2, -0.15) is 0 Å². The van der Waals surface area contributed by atoms with Crippen molar-refractivity contribution in [2.75, 3.05) is 37.8 Å². The summed E-state index contributed by atoms with van der Waals surface area (Å²) in [5, 5.41) is 6.20. The highest BCUT2D eigenvalue weighted by atomic mass is 16.1. The zero-order valence-corrected chi connectivity index (χ0v) is 15.6. The van der Waals surface area contributed by atoms with Crippen LogP contribution in [0.2, 0.25) is 0 Å². The molecule has 0 spiro atoms. The minimum Gasteiger partial charge on any atom is -0.369 e. The Balaban J connectivity index is 2.15. The summed E-state index contributed by atoms with van der Waals surface area (Å²) in [7, 11) is 4.02. The van der Waals surface area contributed by atoms with E-state index in [9.17, 15) is 4.79 Å². The van der Waals surface area contributed by atoms with Crippen LogP contribution in [0.25, 0.3) is 0 Å². The summed E-state index contributed by atoms with van der Waals surface area (Å²) in [5.74, 6) is 1.33. The Hall–Kier alpha value is -2.47. The molecule has 0 saturated heterocycles.